The van der Waals surface area contributed by atoms with Crippen LogP contribution in [-0.2, 0) is 0 Å². The number of aromatic amines is 1. The fourth-order valence-corrected chi connectivity index (χ4v) is 3.77. The van der Waals surface area contributed by atoms with Crippen molar-refractivity contribution < 1.29 is 0 Å². The average Bonchev–Trinajstić information content (AvgIpc) is 2.67. The molecule has 1 heterocycles. The zero-order chi connectivity index (χ0) is 14.4. The number of rotatable bonds is 1. The molecule has 0 aliphatic heterocycles. The van der Waals surface area contributed by atoms with Crippen LogP contribution in [0.25, 0.3) is 16.7 Å². The van der Waals surface area contributed by atoms with Crippen molar-refractivity contribution >= 4 is 50.8 Å². The van der Waals surface area contributed by atoms with Crippen molar-refractivity contribution in [2.75, 3.05) is 0 Å². The zero-order valence-electron chi connectivity index (χ0n) is 11.0. The van der Waals surface area contributed by atoms with E-state index >= 15 is 0 Å². The molecule has 0 saturated heterocycles. The number of fused-ring (bicyclic) bond motifs is 1. The second-order valence-corrected chi connectivity index (χ2v) is 6.50. The van der Waals surface area contributed by atoms with Gasteiger partial charge < -0.3 is 4.98 Å². The first-order valence-corrected chi connectivity index (χ1v) is 7.73. The maximum absolute atomic E-state index is 6.24. The van der Waals surface area contributed by atoms with Gasteiger partial charge in [-0.1, -0.05) is 33.6 Å². The molecule has 1 N–H and O–H groups in total. The molecule has 0 spiro atoms. The van der Waals surface area contributed by atoms with Gasteiger partial charge in [-0.05, 0) is 61.5 Å². The first kappa shape index (κ1) is 13.9. The van der Waals surface area contributed by atoms with Crippen LogP contribution in [0.3, 0.4) is 0 Å². The SMILES string of the molecule is Cc1cc(Br)cc(C)c1-n1c(=S)[nH]c2c(Cl)cccc21. The van der Waals surface area contributed by atoms with Crippen LogP contribution < -0.4 is 0 Å². The lowest BCUT2D eigenvalue weighted by Crippen LogP contribution is -2.00. The Morgan fingerprint density at radius 2 is 1.85 bits per heavy atom. The average molecular weight is 368 g/mol. The summed E-state index contributed by atoms with van der Waals surface area (Å²) in [5.74, 6) is 0. The lowest BCUT2D eigenvalue weighted by atomic mass is 10.1. The molecule has 0 fully saturated rings. The summed E-state index contributed by atoms with van der Waals surface area (Å²) in [6.45, 7) is 4.16. The molecule has 2 nitrogen and oxygen atoms in total. The van der Waals surface area contributed by atoms with E-state index in [1.165, 1.54) is 0 Å². The van der Waals surface area contributed by atoms with E-state index in [9.17, 15) is 0 Å². The summed E-state index contributed by atoms with van der Waals surface area (Å²) in [4.78, 5) is 3.20. The molecule has 0 saturated carbocycles. The molecule has 0 radical (unpaired) electrons. The Balaban J connectivity index is 2.45. The Hall–Kier alpha value is -1.10. The zero-order valence-corrected chi connectivity index (χ0v) is 14.2. The van der Waals surface area contributed by atoms with E-state index in [-0.39, 0.29) is 0 Å². The molecular formula is C15H12BrClN2S. The molecule has 1 aromatic heterocycles. The molecule has 0 bridgehead atoms. The van der Waals surface area contributed by atoms with E-state index in [2.05, 4.69) is 46.9 Å². The summed E-state index contributed by atoms with van der Waals surface area (Å²) in [5.41, 5.74) is 5.30. The molecule has 0 amide bonds. The van der Waals surface area contributed by atoms with Crippen LogP contribution in [0, 0.1) is 18.6 Å². The first-order chi connectivity index (χ1) is 9.49. The van der Waals surface area contributed by atoms with Crippen LogP contribution in [-0.4, -0.2) is 9.55 Å². The van der Waals surface area contributed by atoms with Gasteiger partial charge in [0.2, 0.25) is 0 Å². The summed E-state index contributed by atoms with van der Waals surface area (Å²) in [6, 6.07) is 10.0. The largest absolute Gasteiger partial charge is 0.329 e. The number of nitrogens with zero attached hydrogens (tertiary/aromatic N) is 1. The number of aryl methyl sites for hydroxylation is 2. The van der Waals surface area contributed by atoms with Crippen LogP contribution in [0.1, 0.15) is 11.1 Å². The molecule has 0 aliphatic rings. The van der Waals surface area contributed by atoms with Gasteiger partial charge in [0, 0.05) is 4.47 Å². The van der Waals surface area contributed by atoms with Gasteiger partial charge in [-0.25, -0.2) is 0 Å². The first-order valence-electron chi connectivity index (χ1n) is 6.15. The van der Waals surface area contributed by atoms with Crippen molar-refractivity contribution in [1.29, 1.82) is 0 Å². The van der Waals surface area contributed by atoms with Gasteiger partial charge in [-0.2, -0.15) is 0 Å². The molecule has 0 atom stereocenters. The molecule has 3 rings (SSSR count). The topological polar surface area (TPSA) is 20.7 Å². The molecule has 0 unspecified atom stereocenters. The van der Waals surface area contributed by atoms with Crippen molar-refractivity contribution in [3.05, 3.63) is 55.7 Å². The Labute approximate surface area is 135 Å². The number of hydrogen-bond acceptors (Lipinski definition) is 1. The molecule has 0 aliphatic carbocycles. The summed E-state index contributed by atoms with van der Waals surface area (Å²) < 4.78 is 3.77. The van der Waals surface area contributed by atoms with Crippen molar-refractivity contribution in [1.82, 2.24) is 9.55 Å². The number of nitrogens with one attached hydrogen (secondary N) is 1. The third kappa shape index (κ3) is 2.12. The number of para-hydroxylation sites is 1. The highest BCUT2D eigenvalue weighted by Crippen LogP contribution is 2.30. The minimum Gasteiger partial charge on any atom is -0.329 e. The van der Waals surface area contributed by atoms with Gasteiger partial charge in [-0.15, -0.1) is 0 Å². The Bertz CT molecular complexity index is 856. The van der Waals surface area contributed by atoms with Gasteiger partial charge in [-0.3, -0.25) is 4.57 Å². The number of aromatic nitrogens is 2. The van der Waals surface area contributed by atoms with Gasteiger partial charge >= 0.3 is 0 Å². The highest BCUT2D eigenvalue weighted by molar-refractivity contribution is 9.10. The van der Waals surface area contributed by atoms with Crippen molar-refractivity contribution in [2.24, 2.45) is 0 Å². The number of halogens is 2. The third-order valence-corrected chi connectivity index (χ3v) is 4.40. The monoisotopic (exact) mass is 366 g/mol. The number of H-pyrrole nitrogens is 1. The molecule has 20 heavy (non-hydrogen) atoms. The quantitative estimate of drug-likeness (QED) is 0.545. The van der Waals surface area contributed by atoms with Gasteiger partial charge in [0.1, 0.15) is 0 Å². The van der Waals surface area contributed by atoms with E-state index in [0.717, 1.165) is 32.3 Å². The number of benzene rings is 2. The van der Waals surface area contributed by atoms with Gasteiger partial charge in [0.05, 0.1) is 21.7 Å². The maximum Gasteiger partial charge on any atom is 0.182 e. The molecular weight excluding hydrogens is 356 g/mol. The van der Waals surface area contributed by atoms with Crippen LogP contribution >= 0.6 is 39.7 Å². The van der Waals surface area contributed by atoms with Crippen molar-refractivity contribution in [3.63, 3.8) is 0 Å². The fourth-order valence-electron chi connectivity index (χ4n) is 2.57. The highest BCUT2D eigenvalue weighted by Gasteiger charge is 2.13. The minimum absolute atomic E-state index is 0.654. The minimum atomic E-state index is 0.654. The molecule has 3 aromatic rings. The summed E-state index contributed by atoms with van der Waals surface area (Å²) >= 11 is 15.2. The van der Waals surface area contributed by atoms with Gasteiger partial charge in [0.25, 0.3) is 0 Å². The van der Waals surface area contributed by atoms with Crippen molar-refractivity contribution in [2.45, 2.75) is 13.8 Å². The lowest BCUT2D eigenvalue weighted by Gasteiger charge is -2.13. The summed E-state index contributed by atoms with van der Waals surface area (Å²) in [5, 5.41) is 0.680. The Kier molecular flexibility index (Phi) is 3.48. The summed E-state index contributed by atoms with van der Waals surface area (Å²) in [7, 11) is 0. The van der Waals surface area contributed by atoms with E-state index < -0.39 is 0 Å². The highest BCUT2D eigenvalue weighted by atomic mass is 79.9. The smallest absolute Gasteiger partial charge is 0.182 e. The predicted octanol–water partition coefficient (Wildman–Crippen LogP) is 5.72. The Morgan fingerprint density at radius 3 is 2.50 bits per heavy atom. The second kappa shape index (κ2) is 5.02. The van der Waals surface area contributed by atoms with Gasteiger partial charge in [0.15, 0.2) is 4.77 Å². The van der Waals surface area contributed by atoms with Crippen LogP contribution in [0.5, 0.6) is 0 Å². The predicted molar refractivity (Wildman–Crippen MR) is 90.6 cm³/mol. The third-order valence-electron chi connectivity index (χ3n) is 3.35. The fraction of sp³-hybridized carbons (Fsp3) is 0.133. The second-order valence-electron chi connectivity index (χ2n) is 4.79. The van der Waals surface area contributed by atoms with E-state index in [4.69, 9.17) is 23.8 Å². The van der Waals surface area contributed by atoms with E-state index in [1.54, 1.807) is 0 Å². The van der Waals surface area contributed by atoms with Crippen LogP contribution in [0.2, 0.25) is 5.02 Å². The molecule has 5 heteroatoms. The molecule has 2 aromatic carbocycles. The normalized spacial score (nSPS) is 11.2. The maximum atomic E-state index is 6.24. The van der Waals surface area contributed by atoms with E-state index in [0.29, 0.717) is 9.79 Å². The van der Waals surface area contributed by atoms with Crippen LogP contribution in [0.15, 0.2) is 34.8 Å². The van der Waals surface area contributed by atoms with E-state index in [1.807, 2.05) is 22.8 Å². The lowest BCUT2D eigenvalue weighted by molar-refractivity contribution is 1.03. The number of imidazole rings is 1. The summed E-state index contributed by atoms with van der Waals surface area (Å²) in [6.07, 6.45) is 0. The molecule has 102 valence electrons. The number of hydrogen-bond donors (Lipinski definition) is 1. The Morgan fingerprint density at radius 1 is 1.20 bits per heavy atom. The van der Waals surface area contributed by atoms with Crippen molar-refractivity contribution in [3.8, 4) is 5.69 Å². The standard InChI is InChI=1S/C15H12BrClN2S/c1-8-6-10(16)7-9(2)14(8)19-12-5-3-4-11(17)13(12)18-15(19)20/h3-7H,1-2H3,(H,18,20). The van der Waals surface area contributed by atoms with Crippen LogP contribution in [0.4, 0.5) is 0 Å².